The van der Waals surface area contributed by atoms with E-state index in [0.717, 1.165) is 27.9 Å². The predicted molar refractivity (Wildman–Crippen MR) is 131 cm³/mol. The van der Waals surface area contributed by atoms with E-state index in [9.17, 15) is 9.90 Å². The lowest BCUT2D eigenvalue weighted by Crippen LogP contribution is -2.08. The smallest absolute Gasteiger partial charge is 0.352 e. The summed E-state index contributed by atoms with van der Waals surface area (Å²) in [5.41, 5.74) is 4.52. The molecule has 1 aromatic heterocycles. The standard InChI is InChI=1S/C25H19Cl3N2O2/c26-21-5-2-1-4-17(21)14-30-15-18(12-24(30)25(31)32)16-8-10-19(11-9-16)29-13-20-22(27)6-3-7-23(20)28/h1-12,15,29H,13-14H2,(H,31,32). The largest absolute Gasteiger partial charge is 0.477 e. The van der Waals surface area contributed by atoms with Crippen molar-refractivity contribution in [1.29, 1.82) is 0 Å². The Labute approximate surface area is 201 Å². The molecule has 0 saturated heterocycles. The molecule has 0 amide bonds. The number of hydrogen-bond acceptors (Lipinski definition) is 2. The van der Waals surface area contributed by atoms with Gasteiger partial charge in [0.05, 0.1) is 0 Å². The van der Waals surface area contributed by atoms with E-state index in [4.69, 9.17) is 34.8 Å². The first-order valence-corrected chi connectivity index (χ1v) is 11.0. The van der Waals surface area contributed by atoms with E-state index in [1.165, 1.54) is 0 Å². The maximum absolute atomic E-state index is 11.8. The zero-order chi connectivity index (χ0) is 22.7. The van der Waals surface area contributed by atoms with Crippen LogP contribution in [-0.2, 0) is 13.1 Å². The first-order chi connectivity index (χ1) is 15.4. The van der Waals surface area contributed by atoms with E-state index < -0.39 is 5.97 Å². The second-order valence-corrected chi connectivity index (χ2v) is 8.49. The van der Waals surface area contributed by atoms with Gasteiger partial charge in [-0.1, -0.05) is 71.2 Å². The van der Waals surface area contributed by atoms with Gasteiger partial charge in [0.15, 0.2) is 0 Å². The van der Waals surface area contributed by atoms with Crippen molar-refractivity contribution in [3.63, 3.8) is 0 Å². The highest BCUT2D eigenvalue weighted by Crippen LogP contribution is 2.28. The highest BCUT2D eigenvalue weighted by atomic mass is 35.5. The molecule has 0 radical (unpaired) electrons. The summed E-state index contributed by atoms with van der Waals surface area (Å²) in [6.07, 6.45) is 1.83. The zero-order valence-corrected chi connectivity index (χ0v) is 19.1. The first-order valence-electron chi connectivity index (χ1n) is 9.86. The van der Waals surface area contributed by atoms with Crippen LogP contribution in [-0.4, -0.2) is 15.6 Å². The fourth-order valence-corrected chi connectivity index (χ4v) is 4.19. The lowest BCUT2D eigenvalue weighted by atomic mass is 10.1. The normalized spacial score (nSPS) is 10.8. The predicted octanol–water partition coefficient (Wildman–Crippen LogP) is 7.47. The van der Waals surface area contributed by atoms with Crippen LogP contribution in [0.4, 0.5) is 5.69 Å². The van der Waals surface area contributed by atoms with E-state index in [-0.39, 0.29) is 5.69 Å². The Morgan fingerprint density at radius 3 is 2.16 bits per heavy atom. The fraction of sp³-hybridized carbons (Fsp3) is 0.0800. The molecule has 0 spiro atoms. The lowest BCUT2D eigenvalue weighted by molar-refractivity contribution is 0.0685. The number of carboxylic acids is 1. The van der Waals surface area contributed by atoms with Crippen LogP contribution >= 0.6 is 34.8 Å². The number of rotatable bonds is 7. The van der Waals surface area contributed by atoms with Gasteiger partial charge >= 0.3 is 5.97 Å². The van der Waals surface area contributed by atoms with Crippen molar-refractivity contribution in [3.8, 4) is 11.1 Å². The maximum Gasteiger partial charge on any atom is 0.352 e. The Bertz CT molecular complexity index is 1250. The molecule has 0 unspecified atom stereocenters. The Morgan fingerprint density at radius 1 is 0.844 bits per heavy atom. The number of carboxylic acid groups (broad SMARTS) is 1. The summed E-state index contributed by atoms with van der Waals surface area (Å²) in [7, 11) is 0. The number of anilines is 1. The molecule has 1 heterocycles. The Kier molecular flexibility index (Phi) is 6.75. The van der Waals surface area contributed by atoms with Crippen LogP contribution < -0.4 is 5.32 Å². The fourth-order valence-electron chi connectivity index (χ4n) is 3.46. The lowest BCUT2D eigenvalue weighted by Gasteiger charge is -2.10. The molecular formula is C25H19Cl3N2O2. The quantitative estimate of drug-likeness (QED) is 0.285. The molecule has 7 heteroatoms. The molecule has 3 aromatic carbocycles. The van der Waals surface area contributed by atoms with Crippen molar-refractivity contribution in [3.05, 3.63) is 111 Å². The van der Waals surface area contributed by atoms with Gasteiger partial charge in [-0.3, -0.25) is 0 Å². The van der Waals surface area contributed by atoms with E-state index >= 15 is 0 Å². The van der Waals surface area contributed by atoms with Crippen LogP contribution in [0, 0.1) is 0 Å². The molecule has 4 nitrogen and oxygen atoms in total. The molecule has 4 rings (SSSR count). The molecule has 0 saturated carbocycles. The summed E-state index contributed by atoms with van der Waals surface area (Å²) in [5.74, 6) is -0.988. The second-order valence-electron chi connectivity index (χ2n) is 7.27. The van der Waals surface area contributed by atoms with Gasteiger partial charge in [-0.15, -0.1) is 0 Å². The Morgan fingerprint density at radius 2 is 1.50 bits per heavy atom. The summed E-state index contributed by atoms with van der Waals surface area (Å²) in [5, 5.41) is 14.8. The van der Waals surface area contributed by atoms with Crippen LogP contribution in [0.3, 0.4) is 0 Å². The first kappa shape index (κ1) is 22.3. The molecule has 0 aliphatic rings. The number of aromatic nitrogens is 1. The van der Waals surface area contributed by atoms with Gasteiger partial charge in [-0.2, -0.15) is 0 Å². The number of benzene rings is 3. The third-order valence-corrected chi connectivity index (χ3v) is 6.24. The number of halogens is 3. The third kappa shape index (κ3) is 4.94. The van der Waals surface area contributed by atoms with Gasteiger partial charge in [0, 0.05) is 51.2 Å². The minimum Gasteiger partial charge on any atom is -0.477 e. The Hall–Kier alpha value is -2.92. The van der Waals surface area contributed by atoms with Gasteiger partial charge in [-0.05, 0) is 47.5 Å². The molecule has 0 aliphatic heterocycles. The van der Waals surface area contributed by atoms with Crippen LogP contribution in [0.5, 0.6) is 0 Å². The molecule has 2 N–H and O–H groups in total. The highest BCUT2D eigenvalue weighted by Gasteiger charge is 2.15. The summed E-state index contributed by atoms with van der Waals surface area (Å²) in [6.45, 7) is 0.870. The van der Waals surface area contributed by atoms with Crippen molar-refractivity contribution in [2.45, 2.75) is 13.1 Å². The number of nitrogens with one attached hydrogen (secondary N) is 1. The van der Waals surface area contributed by atoms with Crippen molar-refractivity contribution >= 4 is 46.5 Å². The topological polar surface area (TPSA) is 54.3 Å². The minimum absolute atomic E-state index is 0.204. The van der Waals surface area contributed by atoms with Crippen LogP contribution in [0.15, 0.2) is 79.0 Å². The van der Waals surface area contributed by atoms with Crippen LogP contribution in [0.1, 0.15) is 21.6 Å². The number of hydrogen-bond donors (Lipinski definition) is 2. The summed E-state index contributed by atoms with van der Waals surface area (Å²) in [6, 6.07) is 22.3. The molecule has 162 valence electrons. The molecule has 0 atom stereocenters. The zero-order valence-electron chi connectivity index (χ0n) is 16.9. The van der Waals surface area contributed by atoms with E-state index in [1.807, 2.05) is 54.7 Å². The van der Waals surface area contributed by atoms with Gasteiger partial charge in [-0.25, -0.2) is 4.79 Å². The average molecular weight is 486 g/mol. The number of carbonyl (C=O) groups is 1. The number of aromatic carboxylic acids is 1. The summed E-state index contributed by atoms with van der Waals surface area (Å²) in [4.78, 5) is 11.8. The summed E-state index contributed by atoms with van der Waals surface area (Å²) < 4.78 is 1.70. The highest BCUT2D eigenvalue weighted by molar-refractivity contribution is 6.36. The van der Waals surface area contributed by atoms with E-state index in [2.05, 4.69) is 5.32 Å². The van der Waals surface area contributed by atoms with Crippen molar-refractivity contribution in [2.24, 2.45) is 0 Å². The van der Waals surface area contributed by atoms with E-state index in [0.29, 0.717) is 28.2 Å². The molecular weight excluding hydrogens is 467 g/mol. The molecule has 0 fully saturated rings. The van der Waals surface area contributed by atoms with Gasteiger partial charge in [0.1, 0.15) is 5.69 Å². The molecule has 0 bridgehead atoms. The Balaban J connectivity index is 1.54. The van der Waals surface area contributed by atoms with Crippen molar-refractivity contribution in [2.75, 3.05) is 5.32 Å². The molecule has 32 heavy (non-hydrogen) atoms. The average Bonchev–Trinajstić information content (AvgIpc) is 3.20. The minimum atomic E-state index is -0.988. The summed E-state index contributed by atoms with van der Waals surface area (Å²) >= 11 is 18.7. The SMILES string of the molecule is O=C(O)c1cc(-c2ccc(NCc3c(Cl)cccc3Cl)cc2)cn1Cc1ccccc1Cl. The van der Waals surface area contributed by atoms with Crippen molar-refractivity contribution < 1.29 is 9.90 Å². The molecule has 0 aliphatic carbocycles. The second kappa shape index (κ2) is 9.70. The van der Waals surface area contributed by atoms with Crippen LogP contribution in [0.25, 0.3) is 11.1 Å². The molecule has 4 aromatic rings. The number of nitrogens with zero attached hydrogens (tertiary/aromatic N) is 1. The maximum atomic E-state index is 11.8. The van der Waals surface area contributed by atoms with Gasteiger partial charge in [0.25, 0.3) is 0 Å². The van der Waals surface area contributed by atoms with Crippen molar-refractivity contribution in [1.82, 2.24) is 4.57 Å². The van der Waals surface area contributed by atoms with Crippen LogP contribution in [0.2, 0.25) is 15.1 Å². The van der Waals surface area contributed by atoms with Gasteiger partial charge in [0.2, 0.25) is 0 Å². The monoisotopic (exact) mass is 484 g/mol. The van der Waals surface area contributed by atoms with Gasteiger partial charge < -0.3 is 15.0 Å². The third-order valence-electron chi connectivity index (χ3n) is 5.16. The van der Waals surface area contributed by atoms with E-state index in [1.54, 1.807) is 28.8 Å².